The van der Waals surface area contributed by atoms with Crippen molar-refractivity contribution in [2.24, 2.45) is 0 Å². The van der Waals surface area contributed by atoms with Crippen LogP contribution in [0.2, 0.25) is 0 Å². The van der Waals surface area contributed by atoms with E-state index in [0.717, 1.165) is 0 Å². The first-order valence-electron chi connectivity index (χ1n) is 1.64. The maximum atomic E-state index is 4.84. The Labute approximate surface area is 39.9 Å². The smallest absolute Gasteiger partial charge is 0.111 e. The van der Waals surface area contributed by atoms with Crippen LogP contribution in [0.5, 0.6) is 0 Å². The lowest BCUT2D eigenvalue weighted by Gasteiger charge is -1.85. The minimum absolute atomic E-state index is 0.453. The van der Waals surface area contributed by atoms with Gasteiger partial charge in [-0.05, 0) is 6.66 Å². The minimum atomic E-state index is 0.453. The molecule has 0 aliphatic heterocycles. The molecule has 1 atom stereocenters. The van der Waals surface area contributed by atoms with Crippen molar-refractivity contribution >= 4 is 8.81 Å². The highest BCUT2D eigenvalue weighted by atomic mass is 31.1. The molecule has 0 rings (SSSR count). The van der Waals surface area contributed by atoms with Gasteiger partial charge >= 0.3 is 0 Å². The zero-order valence-corrected chi connectivity index (χ0v) is 4.69. The van der Waals surface area contributed by atoms with Crippen LogP contribution in [0.4, 0.5) is 0 Å². The van der Waals surface area contributed by atoms with E-state index in [9.17, 15) is 0 Å². The Hall–Kier alpha value is -0.0500. The van der Waals surface area contributed by atoms with Gasteiger partial charge in [0, 0.05) is 8.81 Å². The van der Waals surface area contributed by atoms with Crippen molar-refractivity contribution < 1.29 is 4.52 Å². The largest absolute Gasteiger partial charge is 0.350 e. The summed E-state index contributed by atoms with van der Waals surface area (Å²) in [5.41, 5.74) is 0. The average Bonchev–Trinajstić information content (AvgIpc) is 1.61. The molecule has 0 fully saturated rings. The van der Waals surface area contributed by atoms with Crippen molar-refractivity contribution in [2.45, 2.75) is 0 Å². The molecule has 0 aromatic rings. The zero-order chi connectivity index (χ0) is 4.83. The van der Waals surface area contributed by atoms with Crippen molar-refractivity contribution in [3.05, 3.63) is 0 Å². The third-order valence-electron chi connectivity index (χ3n) is 0.300. The van der Waals surface area contributed by atoms with Crippen LogP contribution < -0.4 is 0 Å². The normalized spacial score (nSPS) is 9.33. The number of rotatable bonds is 2. The van der Waals surface area contributed by atoms with E-state index < -0.39 is 0 Å². The van der Waals surface area contributed by atoms with Gasteiger partial charge in [-0.15, -0.1) is 6.42 Å². The van der Waals surface area contributed by atoms with Crippen molar-refractivity contribution in [1.29, 1.82) is 0 Å². The molecule has 0 N–H and O–H groups in total. The minimum Gasteiger partial charge on any atom is -0.350 e. The standard InChI is InChI=1S/C4H7OP/c1-3-4-5-6-2/h1,6H,4H2,2H3. The molecule has 1 nitrogen and oxygen atoms in total. The Morgan fingerprint density at radius 2 is 2.67 bits per heavy atom. The molecule has 2 heteroatoms. The van der Waals surface area contributed by atoms with Gasteiger partial charge in [-0.3, -0.25) is 0 Å². The van der Waals surface area contributed by atoms with Crippen molar-refractivity contribution in [3.8, 4) is 12.3 Å². The van der Waals surface area contributed by atoms with Gasteiger partial charge in [0.15, 0.2) is 0 Å². The van der Waals surface area contributed by atoms with E-state index >= 15 is 0 Å². The first-order valence-corrected chi connectivity index (χ1v) is 3.04. The third kappa shape index (κ3) is 3.95. The molecule has 0 amide bonds. The summed E-state index contributed by atoms with van der Waals surface area (Å²) in [6.45, 7) is 2.40. The van der Waals surface area contributed by atoms with Crippen LogP contribution in [0.15, 0.2) is 0 Å². The molecule has 34 valence electrons. The lowest BCUT2D eigenvalue weighted by Crippen LogP contribution is -1.73. The molecule has 0 spiro atoms. The molecule has 0 bridgehead atoms. The Morgan fingerprint density at radius 3 is 2.83 bits per heavy atom. The van der Waals surface area contributed by atoms with E-state index in [0.29, 0.717) is 15.4 Å². The molecule has 0 aromatic heterocycles. The monoisotopic (exact) mass is 102 g/mol. The van der Waals surface area contributed by atoms with Crippen molar-refractivity contribution in [3.63, 3.8) is 0 Å². The average molecular weight is 102 g/mol. The number of hydrogen-bond donors (Lipinski definition) is 0. The van der Waals surface area contributed by atoms with Crippen molar-refractivity contribution in [1.82, 2.24) is 0 Å². The summed E-state index contributed by atoms with van der Waals surface area (Å²) < 4.78 is 4.77. The van der Waals surface area contributed by atoms with E-state index in [-0.39, 0.29) is 0 Å². The van der Waals surface area contributed by atoms with Crippen LogP contribution in [0.25, 0.3) is 0 Å². The topological polar surface area (TPSA) is 9.23 Å². The zero-order valence-electron chi connectivity index (χ0n) is 3.69. The summed E-state index contributed by atoms with van der Waals surface area (Å²) in [6.07, 6.45) is 4.84. The molecule has 1 unspecified atom stereocenters. The summed E-state index contributed by atoms with van der Waals surface area (Å²) in [6, 6.07) is 0. The lowest BCUT2D eigenvalue weighted by atomic mass is 10.8. The third-order valence-corrected chi connectivity index (χ3v) is 0.733. The summed E-state index contributed by atoms with van der Waals surface area (Å²) >= 11 is 0. The Morgan fingerprint density at radius 1 is 2.00 bits per heavy atom. The second-order valence-electron chi connectivity index (χ2n) is 0.697. The quantitative estimate of drug-likeness (QED) is 0.285. The van der Waals surface area contributed by atoms with E-state index in [4.69, 9.17) is 10.9 Å². The fourth-order valence-electron chi connectivity index (χ4n) is 0.114. The molecule has 6 heavy (non-hydrogen) atoms. The van der Waals surface area contributed by atoms with Gasteiger partial charge in [0.2, 0.25) is 0 Å². The lowest BCUT2D eigenvalue weighted by molar-refractivity contribution is 0.427. The molecule has 0 saturated heterocycles. The van der Waals surface area contributed by atoms with E-state index in [1.165, 1.54) is 0 Å². The molecular weight excluding hydrogens is 95.0 g/mol. The van der Waals surface area contributed by atoms with Gasteiger partial charge in [0.05, 0.1) is 0 Å². The van der Waals surface area contributed by atoms with Gasteiger partial charge in [-0.1, -0.05) is 5.92 Å². The Kier molecular flexibility index (Phi) is 4.91. The van der Waals surface area contributed by atoms with Crippen LogP contribution in [0.1, 0.15) is 0 Å². The van der Waals surface area contributed by atoms with Crippen LogP contribution in [0, 0.1) is 12.3 Å². The fraction of sp³-hybridized carbons (Fsp3) is 0.500. The van der Waals surface area contributed by atoms with Gasteiger partial charge in [-0.2, -0.15) is 0 Å². The molecule has 0 aliphatic carbocycles. The van der Waals surface area contributed by atoms with E-state index in [1.807, 2.05) is 6.66 Å². The highest BCUT2D eigenvalue weighted by molar-refractivity contribution is 7.31. The van der Waals surface area contributed by atoms with Gasteiger partial charge < -0.3 is 4.52 Å². The SMILES string of the molecule is C#CCOPC. The number of hydrogen-bond acceptors (Lipinski definition) is 1. The maximum Gasteiger partial charge on any atom is 0.111 e. The van der Waals surface area contributed by atoms with Gasteiger partial charge in [0.25, 0.3) is 0 Å². The molecule has 0 saturated carbocycles. The highest BCUT2D eigenvalue weighted by Gasteiger charge is 1.67. The molecular formula is C4H7OP. The van der Waals surface area contributed by atoms with Crippen LogP contribution in [-0.4, -0.2) is 13.3 Å². The van der Waals surface area contributed by atoms with Crippen LogP contribution in [0.3, 0.4) is 0 Å². The Balaban J connectivity index is 2.54. The second-order valence-corrected chi connectivity index (χ2v) is 1.39. The first kappa shape index (κ1) is 5.95. The van der Waals surface area contributed by atoms with Gasteiger partial charge in [0.1, 0.15) is 6.61 Å². The Bertz CT molecular complexity index is 55.1. The second kappa shape index (κ2) is 4.95. The predicted octanol–water partition coefficient (Wildman–Crippen LogP) is 0.859. The molecule has 0 aliphatic rings. The van der Waals surface area contributed by atoms with E-state index in [1.54, 1.807) is 0 Å². The molecule has 0 aromatic carbocycles. The fourth-order valence-corrected chi connectivity index (χ4v) is 0.342. The maximum absolute atomic E-state index is 4.84. The van der Waals surface area contributed by atoms with Gasteiger partial charge in [-0.25, -0.2) is 0 Å². The van der Waals surface area contributed by atoms with Crippen LogP contribution in [-0.2, 0) is 4.52 Å². The summed E-state index contributed by atoms with van der Waals surface area (Å²) in [5, 5.41) is 0. The summed E-state index contributed by atoms with van der Waals surface area (Å²) in [4.78, 5) is 0. The molecule has 0 heterocycles. The molecule has 0 radical (unpaired) electrons. The van der Waals surface area contributed by atoms with E-state index in [2.05, 4.69) is 5.92 Å². The number of terminal acetylenes is 1. The first-order chi connectivity index (χ1) is 2.91. The summed E-state index contributed by atoms with van der Waals surface area (Å²) in [5.74, 6) is 2.35. The van der Waals surface area contributed by atoms with Crippen LogP contribution >= 0.6 is 8.81 Å². The summed E-state index contributed by atoms with van der Waals surface area (Å²) in [7, 11) is 0.522. The van der Waals surface area contributed by atoms with Crippen molar-refractivity contribution in [2.75, 3.05) is 13.3 Å². The predicted molar refractivity (Wildman–Crippen MR) is 29.0 cm³/mol. The highest BCUT2D eigenvalue weighted by Crippen LogP contribution is 2.00.